The molecule has 1 N–H and O–H groups in total. The largest absolute Gasteiger partial charge is 0.379 e. The van der Waals surface area contributed by atoms with Crippen molar-refractivity contribution in [3.05, 3.63) is 0 Å². The molecule has 6 heteroatoms. The van der Waals surface area contributed by atoms with Gasteiger partial charge >= 0.3 is 0 Å². The van der Waals surface area contributed by atoms with Gasteiger partial charge in [0.05, 0.1) is 19.0 Å². The topological polar surface area (TPSA) is 55.4 Å². The standard InChI is InChI=1S/C9H19NO3S2/c1-15(11,12)7-5-13-4-3-10-9-2-6-14-8-9/h9-10H,2-8H2,1H3. The number of thioether (sulfide) groups is 1. The Morgan fingerprint density at radius 3 is 2.87 bits per heavy atom. The molecule has 0 radical (unpaired) electrons. The zero-order chi connectivity index (χ0) is 11.1. The molecule has 0 aromatic heterocycles. The minimum absolute atomic E-state index is 0.117. The predicted octanol–water partition coefficient (Wildman–Crippen LogP) is 0.143. The van der Waals surface area contributed by atoms with Gasteiger partial charge in [0.15, 0.2) is 0 Å². The first-order valence-electron chi connectivity index (χ1n) is 5.14. The molecule has 0 spiro atoms. The molecule has 1 heterocycles. The molecule has 1 fully saturated rings. The maximum atomic E-state index is 10.8. The Labute approximate surface area is 96.1 Å². The molecule has 1 unspecified atom stereocenters. The van der Waals surface area contributed by atoms with Gasteiger partial charge in [-0.05, 0) is 12.2 Å². The minimum atomic E-state index is -2.88. The Morgan fingerprint density at radius 2 is 2.27 bits per heavy atom. The van der Waals surface area contributed by atoms with Crippen LogP contribution in [0.4, 0.5) is 0 Å². The van der Waals surface area contributed by atoms with E-state index in [0.29, 0.717) is 19.3 Å². The van der Waals surface area contributed by atoms with Crippen molar-refractivity contribution >= 4 is 21.6 Å². The zero-order valence-corrected chi connectivity index (χ0v) is 10.7. The number of ether oxygens (including phenoxy) is 1. The van der Waals surface area contributed by atoms with Crippen LogP contribution in [0.1, 0.15) is 6.42 Å². The first kappa shape index (κ1) is 13.3. The van der Waals surface area contributed by atoms with Crippen LogP contribution in [0.2, 0.25) is 0 Å². The second-order valence-corrected chi connectivity index (χ2v) is 7.17. The van der Waals surface area contributed by atoms with E-state index in [1.807, 2.05) is 11.8 Å². The van der Waals surface area contributed by atoms with Crippen molar-refractivity contribution in [2.45, 2.75) is 12.5 Å². The Kier molecular flexibility index (Phi) is 5.96. The van der Waals surface area contributed by atoms with Crippen molar-refractivity contribution < 1.29 is 13.2 Å². The van der Waals surface area contributed by atoms with E-state index in [1.54, 1.807) is 0 Å². The molecule has 0 amide bonds. The van der Waals surface area contributed by atoms with Gasteiger partial charge in [-0.1, -0.05) is 0 Å². The molecular formula is C9H19NO3S2. The molecule has 1 rings (SSSR count). The highest BCUT2D eigenvalue weighted by Crippen LogP contribution is 2.16. The molecular weight excluding hydrogens is 234 g/mol. The Bertz CT molecular complexity index is 261. The van der Waals surface area contributed by atoms with Crippen LogP contribution in [0.15, 0.2) is 0 Å². The smallest absolute Gasteiger partial charge is 0.149 e. The van der Waals surface area contributed by atoms with Crippen molar-refractivity contribution in [2.24, 2.45) is 0 Å². The third kappa shape index (κ3) is 7.16. The second-order valence-electron chi connectivity index (χ2n) is 3.76. The van der Waals surface area contributed by atoms with E-state index in [2.05, 4.69) is 5.32 Å². The van der Waals surface area contributed by atoms with E-state index in [-0.39, 0.29) is 5.75 Å². The molecule has 15 heavy (non-hydrogen) atoms. The summed E-state index contributed by atoms with van der Waals surface area (Å²) in [5.41, 5.74) is 0. The lowest BCUT2D eigenvalue weighted by atomic mass is 10.3. The fraction of sp³-hybridized carbons (Fsp3) is 1.00. The molecule has 1 atom stereocenters. The lowest BCUT2D eigenvalue weighted by molar-refractivity contribution is 0.149. The summed E-state index contributed by atoms with van der Waals surface area (Å²) < 4.78 is 26.8. The fourth-order valence-electron chi connectivity index (χ4n) is 1.34. The van der Waals surface area contributed by atoms with Crippen LogP contribution in [0.25, 0.3) is 0 Å². The highest BCUT2D eigenvalue weighted by Gasteiger charge is 2.13. The highest BCUT2D eigenvalue weighted by atomic mass is 32.2. The van der Waals surface area contributed by atoms with Crippen molar-refractivity contribution in [1.29, 1.82) is 0 Å². The molecule has 4 nitrogen and oxygen atoms in total. The SMILES string of the molecule is CS(=O)(=O)CCOCCNC1CCSC1. The van der Waals surface area contributed by atoms with Crippen LogP contribution in [-0.2, 0) is 14.6 Å². The average molecular weight is 253 g/mol. The molecule has 0 saturated carbocycles. The molecule has 0 aromatic carbocycles. The first-order chi connectivity index (χ1) is 7.08. The summed E-state index contributed by atoms with van der Waals surface area (Å²) in [5, 5.41) is 3.38. The Hall–Kier alpha value is 0.220. The fourth-order valence-corrected chi connectivity index (χ4v) is 2.95. The third-order valence-electron chi connectivity index (χ3n) is 2.21. The summed E-state index contributed by atoms with van der Waals surface area (Å²) in [7, 11) is -2.88. The average Bonchev–Trinajstić information content (AvgIpc) is 2.61. The molecule has 0 aliphatic carbocycles. The number of nitrogens with one attached hydrogen (secondary N) is 1. The van der Waals surface area contributed by atoms with Crippen LogP contribution in [0.5, 0.6) is 0 Å². The molecule has 0 bridgehead atoms. The van der Waals surface area contributed by atoms with Crippen LogP contribution in [0.3, 0.4) is 0 Å². The van der Waals surface area contributed by atoms with Gasteiger partial charge in [0, 0.05) is 24.6 Å². The van der Waals surface area contributed by atoms with Gasteiger partial charge in [0.1, 0.15) is 9.84 Å². The monoisotopic (exact) mass is 253 g/mol. The summed E-state index contributed by atoms with van der Waals surface area (Å²) in [6, 6.07) is 0.619. The van der Waals surface area contributed by atoms with E-state index in [1.165, 1.54) is 24.2 Å². The number of hydrogen-bond acceptors (Lipinski definition) is 5. The summed E-state index contributed by atoms with van der Waals surface area (Å²) in [4.78, 5) is 0. The van der Waals surface area contributed by atoms with Gasteiger partial charge in [0.25, 0.3) is 0 Å². The van der Waals surface area contributed by atoms with Gasteiger partial charge in [-0.15, -0.1) is 0 Å². The van der Waals surface area contributed by atoms with Crippen molar-refractivity contribution in [2.75, 3.05) is 43.3 Å². The lowest BCUT2D eigenvalue weighted by Crippen LogP contribution is -2.31. The summed E-state index contributed by atoms with van der Waals surface area (Å²) in [6.07, 6.45) is 2.46. The van der Waals surface area contributed by atoms with E-state index in [9.17, 15) is 8.42 Å². The van der Waals surface area contributed by atoms with Crippen molar-refractivity contribution in [3.63, 3.8) is 0 Å². The van der Waals surface area contributed by atoms with Crippen LogP contribution < -0.4 is 5.32 Å². The summed E-state index contributed by atoms with van der Waals surface area (Å²) in [6.45, 7) is 1.71. The van der Waals surface area contributed by atoms with Gasteiger partial charge in [-0.3, -0.25) is 0 Å². The maximum absolute atomic E-state index is 10.8. The maximum Gasteiger partial charge on any atom is 0.149 e. The van der Waals surface area contributed by atoms with E-state index >= 15 is 0 Å². The lowest BCUT2D eigenvalue weighted by Gasteiger charge is -2.10. The van der Waals surface area contributed by atoms with E-state index in [0.717, 1.165) is 6.54 Å². The van der Waals surface area contributed by atoms with Gasteiger partial charge < -0.3 is 10.1 Å². The van der Waals surface area contributed by atoms with Gasteiger partial charge in [-0.25, -0.2) is 8.42 Å². The predicted molar refractivity (Wildman–Crippen MR) is 64.3 cm³/mol. The quantitative estimate of drug-likeness (QED) is 0.654. The van der Waals surface area contributed by atoms with Crippen molar-refractivity contribution in [3.8, 4) is 0 Å². The minimum Gasteiger partial charge on any atom is -0.379 e. The Balaban J connectivity index is 1.89. The van der Waals surface area contributed by atoms with Crippen LogP contribution in [0, 0.1) is 0 Å². The molecule has 1 saturated heterocycles. The van der Waals surface area contributed by atoms with Gasteiger partial charge in [-0.2, -0.15) is 11.8 Å². The number of rotatable bonds is 7. The second kappa shape index (κ2) is 6.73. The number of sulfone groups is 1. The molecule has 1 aliphatic heterocycles. The summed E-state index contributed by atoms with van der Waals surface area (Å²) >= 11 is 1.97. The van der Waals surface area contributed by atoms with Gasteiger partial charge in [0.2, 0.25) is 0 Å². The first-order valence-corrected chi connectivity index (χ1v) is 8.36. The summed E-state index contributed by atoms with van der Waals surface area (Å²) in [5.74, 6) is 2.54. The molecule has 1 aliphatic rings. The van der Waals surface area contributed by atoms with Crippen LogP contribution in [-0.4, -0.2) is 57.7 Å². The Morgan fingerprint density at radius 1 is 1.47 bits per heavy atom. The molecule has 0 aromatic rings. The van der Waals surface area contributed by atoms with Crippen LogP contribution >= 0.6 is 11.8 Å². The normalized spacial score (nSPS) is 22.1. The van der Waals surface area contributed by atoms with E-state index < -0.39 is 9.84 Å². The highest BCUT2D eigenvalue weighted by molar-refractivity contribution is 7.99. The van der Waals surface area contributed by atoms with Crippen molar-refractivity contribution in [1.82, 2.24) is 5.32 Å². The zero-order valence-electron chi connectivity index (χ0n) is 9.07. The molecule has 90 valence electrons. The van der Waals surface area contributed by atoms with E-state index in [4.69, 9.17) is 4.74 Å². The number of hydrogen-bond donors (Lipinski definition) is 1. The third-order valence-corrected chi connectivity index (χ3v) is 4.28.